The van der Waals surface area contributed by atoms with Crippen molar-refractivity contribution in [3.05, 3.63) is 77.7 Å². The standard InChI is InChI=1S/C20H17FN2O/c21-18-9-2-1-5-15(18)13-23(16-10-11-16)20(24)17-8-3-6-14-7-4-12-22-19(14)17/h1-9,12,16H,10-11,13H2. The van der Waals surface area contributed by atoms with Crippen molar-refractivity contribution >= 4 is 16.8 Å². The Bertz CT molecular complexity index is 900. The van der Waals surface area contributed by atoms with E-state index in [1.807, 2.05) is 24.3 Å². The van der Waals surface area contributed by atoms with Crippen molar-refractivity contribution in [2.24, 2.45) is 0 Å². The second-order valence-corrected chi connectivity index (χ2v) is 6.14. The zero-order chi connectivity index (χ0) is 16.5. The van der Waals surface area contributed by atoms with E-state index < -0.39 is 0 Å². The third-order valence-corrected chi connectivity index (χ3v) is 4.41. The molecular weight excluding hydrogens is 303 g/mol. The van der Waals surface area contributed by atoms with Gasteiger partial charge in [0.2, 0.25) is 0 Å². The van der Waals surface area contributed by atoms with Gasteiger partial charge in [-0.1, -0.05) is 36.4 Å². The molecule has 0 spiro atoms. The van der Waals surface area contributed by atoms with Crippen LogP contribution in [0, 0.1) is 5.82 Å². The van der Waals surface area contributed by atoms with Gasteiger partial charge in [-0.15, -0.1) is 0 Å². The Morgan fingerprint density at radius 3 is 2.67 bits per heavy atom. The van der Waals surface area contributed by atoms with Crippen LogP contribution in [-0.2, 0) is 6.54 Å². The molecule has 0 saturated heterocycles. The highest BCUT2D eigenvalue weighted by Crippen LogP contribution is 2.31. The van der Waals surface area contributed by atoms with E-state index in [0.29, 0.717) is 23.2 Å². The SMILES string of the molecule is O=C(c1cccc2cccnc12)N(Cc1ccccc1F)C1CC1. The van der Waals surface area contributed by atoms with Gasteiger partial charge in [-0.05, 0) is 31.0 Å². The second-order valence-electron chi connectivity index (χ2n) is 6.14. The number of hydrogen-bond acceptors (Lipinski definition) is 2. The number of carbonyl (C=O) groups is 1. The van der Waals surface area contributed by atoms with E-state index in [9.17, 15) is 9.18 Å². The van der Waals surface area contributed by atoms with Crippen molar-refractivity contribution in [3.63, 3.8) is 0 Å². The van der Waals surface area contributed by atoms with Crippen molar-refractivity contribution < 1.29 is 9.18 Å². The molecule has 1 aromatic heterocycles. The molecule has 1 heterocycles. The lowest BCUT2D eigenvalue weighted by atomic mass is 10.1. The van der Waals surface area contributed by atoms with E-state index in [0.717, 1.165) is 18.2 Å². The van der Waals surface area contributed by atoms with Gasteiger partial charge in [0.25, 0.3) is 5.91 Å². The number of rotatable bonds is 4. The van der Waals surface area contributed by atoms with E-state index >= 15 is 0 Å². The molecule has 0 bridgehead atoms. The maximum Gasteiger partial charge on any atom is 0.256 e. The third kappa shape index (κ3) is 2.75. The molecule has 24 heavy (non-hydrogen) atoms. The van der Waals surface area contributed by atoms with E-state index in [-0.39, 0.29) is 17.8 Å². The lowest BCUT2D eigenvalue weighted by Gasteiger charge is -2.23. The summed E-state index contributed by atoms with van der Waals surface area (Å²) in [5.74, 6) is -0.350. The van der Waals surface area contributed by atoms with Gasteiger partial charge in [0.1, 0.15) is 5.82 Å². The zero-order valence-electron chi connectivity index (χ0n) is 13.2. The minimum absolute atomic E-state index is 0.0787. The highest BCUT2D eigenvalue weighted by molar-refractivity contribution is 6.05. The largest absolute Gasteiger partial charge is 0.331 e. The highest BCUT2D eigenvalue weighted by atomic mass is 19.1. The molecule has 1 saturated carbocycles. The summed E-state index contributed by atoms with van der Waals surface area (Å²) in [7, 11) is 0. The van der Waals surface area contributed by atoms with Gasteiger partial charge in [-0.3, -0.25) is 9.78 Å². The topological polar surface area (TPSA) is 33.2 Å². The van der Waals surface area contributed by atoms with Gasteiger partial charge < -0.3 is 4.90 Å². The predicted molar refractivity (Wildman–Crippen MR) is 91.0 cm³/mol. The van der Waals surface area contributed by atoms with E-state index in [1.54, 1.807) is 35.4 Å². The first-order chi connectivity index (χ1) is 11.7. The molecule has 1 amide bonds. The maximum atomic E-state index is 14.0. The van der Waals surface area contributed by atoms with Crippen LogP contribution in [-0.4, -0.2) is 21.8 Å². The summed E-state index contributed by atoms with van der Waals surface area (Å²) in [6, 6.07) is 16.2. The van der Waals surface area contributed by atoms with Crippen molar-refractivity contribution in [1.82, 2.24) is 9.88 Å². The van der Waals surface area contributed by atoms with Crippen molar-refractivity contribution in [2.75, 3.05) is 0 Å². The third-order valence-electron chi connectivity index (χ3n) is 4.41. The summed E-state index contributed by atoms with van der Waals surface area (Å²) in [4.78, 5) is 19.3. The average Bonchev–Trinajstić information content (AvgIpc) is 3.45. The highest BCUT2D eigenvalue weighted by Gasteiger charge is 2.34. The molecule has 4 rings (SSSR count). The average molecular weight is 320 g/mol. The molecule has 1 aliphatic rings. The molecule has 0 N–H and O–H groups in total. The van der Waals surface area contributed by atoms with Crippen LogP contribution in [0.5, 0.6) is 0 Å². The van der Waals surface area contributed by atoms with Crippen LogP contribution in [0.4, 0.5) is 4.39 Å². The predicted octanol–water partition coefficient (Wildman–Crippen LogP) is 4.18. The molecule has 3 nitrogen and oxygen atoms in total. The van der Waals surface area contributed by atoms with E-state index in [2.05, 4.69) is 4.98 Å². The lowest BCUT2D eigenvalue weighted by molar-refractivity contribution is 0.0730. The van der Waals surface area contributed by atoms with E-state index in [4.69, 9.17) is 0 Å². The van der Waals surface area contributed by atoms with Crippen molar-refractivity contribution in [3.8, 4) is 0 Å². The first kappa shape index (κ1) is 14.8. The summed E-state index contributed by atoms with van der Waals surface area (Å²) in [6.07, 6.45) is 3.63. The molecule has 0 atom stereocenters. The Labute approximate surface area is 139 Å². The van der Waals surface area contributed by atoms with Gasteiger partial charge in [-0.2, -0.15) is 0 Å². The summed E-state index contributed by atoms with van der Waals surface area (Å²) >= 11 is 0. The Morgan fingerprint density at radius 2 is 1.88 bits per heavy atom. The van der Waals surface area contributed by atoms with Gasteiger partial charge >= 0.3 is 0 Å². The number of fused-ring (bicyclic) bond motifs is 1. The number of benzene rings is 2. The maximum absolute atomic E-state index is 14.0. The molecule has 1 fully saturated rings. The zero-order valence-corrected chi connectivity index (χ0v) is 13.2. The fraction of sp³-hybridized carbons (Fsp3) is 0.200. The number of nitrogens with zero attached hydrogens (tertiary/aromatic N) is 2. The number of aromatic nitrogens is 1. The summed E-state index contributed by atoms with van der Waals surface area (Å²) in [6.45, 7) is 0.291. The smallest absolute Gasteiger partial charge is 0.256 e. The van der Waals surface area contributed by atoms with Crippen LogP contribution in [0.1, 0.15) is 28.8 Å². The fourth-order valence-electron chi connectivity index (χ4n) is 2.99. The quantitative estimate of drug-likeness (QED) is 0.722. The molecular formula is C20H17FN2O. The van der Waals surface area contributed by atoms with Crippen LogP contribution in [0.15, 0.2) is 60.8 Å². The van der Waals surface area contributed by atoms with Crippen LogP contribution < -0.4 is 0 Å². The normalized spacial score (nSPS) is 13.9. The number of carbonyl (C=O) groups excluding carboxylic acids is 1. The summed E-state index contributed by atoms with van der Waals surface area (Å²) in [5.41, 5.74) is 1.83. The number of para-hydroxylation sites is 1. The minimum atomic E-state index is -0.271. The molecule has 120 valence electrons. The van der Waals surface area contributed by atoms with Crippen LogP contribution in [0.25, 0.3) is 10.9 Å². The van der Waals surface area contributed by atoms with Crippen molar-refractivity contribution in [2.45, 2.75) is 25.4 Å². The number of amides is 1. The first-order valence-electron chi connectivity index (χ1n) is 8.12. The minimum Gasteiger partial charge on any atom is -0.331 e. The van der Waals surface area contributed by atoms with E-state index in [1.165, 1.54) is 6.07 Å². The molecule has 0 aliphatic heterocycles. The fourth-order valence-corrected chi connectivity index (χ4v) is 2.99. The molecule has 4 heteroatoms. The lowest BCUT2D eigenvalue weighted by Crippen LogP contribution is -2.33. The number of hydrogen-bond donors (Lipinski definition) is 0. The number of pyridine rings is 1. The van der Waals surface area contributed by atoms with Crippen LogP contribution in [0.2, 0.25) is 0 Å². The molecule has 0 unspecified atom stereocenters. The Morgan fingerprint density at radius 1 is 1.08 bits per heavy atom. The van der Waals surface area contributed by atoms with Gasteiger partial charge in [0.05, 0.1) is 11.1 Å². The Kier molecular flexibility index (Phi) is 3.73. The van der Waals surface area contributed by atoms with Crippen LogP contribution >= 0.6 is 0 Å². The molecule has 1 aliphatic carbocycles. The second kappa shape index (κ2) is 6.04. The first-order valence-corrected chi connectivity index (χ1v) is 8.12. The Hall–Kier alpha value is -2.75. The summed E-state index contributed by atoms with van der Waals surface area (Å²) in [5, 5.41) is 0.935. The number of halogens is 1. The molecule has 3 aromatic rings. The van der Waals surface area contributed by atoms with Gasteiger partial charge in [-0.25, -0.2) is 4.39 Å². The summed E-state index contributed by atoms with van der Waals surface area (Å²) < 4.78 is 14.0. The van der Waals surface area contributed by atoms with Crippen molar-refractivity contribution in [1.29, 1.82) is 0 Å². The Balaban J connectivity index is 1.71. The van der Waals surface area contributed by atoms with Gasteiger partial charge in [0.15, 0.2) is 0 Å². The van der Waals surface area contributed by atoms with Crippen LogP contribution in [0.3, 0.4) is 0 Å². The monoisotopic (exact) mass is 320 g/mol. The molecule has 0 radical (unpaired) electrons. The molecule has 2 aromatic carbocycles. The van der Waals surface area contributed by atoms with Gasteiger partial charge in [0, 0.05) is 29.7 Å².